The van der Waals surface area contributed by atoms with E-state index in [2.05, 4.69) is 5.32 Å². The first-order valence-corrected chi connectivity index (χ1v) is 9.97. The van der Waals surface area contributed by atoms with Crippen LogP contribution in [-0.2, 0) is 19.6 Å². The topological polar surface area (TPSA) is 92.8 Å². The number of carbonyl (C=O) groups excluding carboxylic acids is 2. The van der Waals surface area contributed by atoms with Crippen molar-refractivity contribution in [1.82, 2.24) is 4.31 Å². The maximum Gasteiger partial charge on any atom is 0.337 e. The molecule has 0 fully saturated rings. The van der Waals surface area contributed by atoms with Gasteiger partial charge in [0.05, 0.1) is 18.9 Å². The second-order valence-corrected chi connectivity index (χ2v) is 8.14. The van der Waals surface area contributed by atoms with Crippen LogP contribution in [-0.4, -0.2) is 45.0 Å². The molecule has 2 aromatic carbocycles. The van der Waals surface area contributed by atoms with Crippen LogP contribution in [0.1, 0.15) is 27.5 Å². The zero-order valence-corrected chi connectivity index (χ0v) is 16.4. The molecule has 27 heavy (non-hydrogen) atoms. The third-order valence-electron chi connectivity index (χ3n) is 4.17. The molecule has 0 saturated carbocycles. The van der Waals surface area contributed by atoms with Crippen LogP contribution < -0.4 is 5.32 Å². The number of anilines is 1. The van der Waals surface area contributed by atoms with Crippen LogP contribution in [0.2, 0.25) is 0 Å². The second-order valence-electron chi connectivity index (χ2n) is 6.10. The van der Waals surface area contributed by atoms with Gasteiger partial charge in [-0.05, 0) is 30.2 Å². The van der Waals surface area contributed by atoms with Crippen molar-refractivity contribution in [2.24, 2.45) is 0 Å². The largest absolute Gasteiger partial charge is 0.465 e. The van der Waals surface area contributed by atoms with Crippen LogP contribution >= 0.6 is 0 Å². The van der Waals surface area contributed by atoms with Crippen molar-refractivity contribution in [3.8, 4) is 0 Å². The zero-order chi connectivity index (χ0) is 20.2. The molecule has 8 heteroatoms. The second kappa shape index (κ2) is 8.32. The van der Waals surface area contributed by atoms with Gasteiger partial charge in [0, 0.05) is 12.7 Å². The van der Waals surface area contributed by atoms with E-state index in [4.69, 9.17) is 4.74 Å². The summed E-state index contributed by atoms with van der Waals surface area (Å²) >= 11 is 0. The Hall–Kier alpha value is -2.71. The van der Waals surface area contributed by atoms with Crippen molar-refractivity contribution < 1.29 is 22.7 Å². The average molecular weight is 390 g/mol. The van der Waals surface area contributed by atoms with Crippen LogP contribution in [0, 0.1) is 6.92 Å². The summed E-state index contributed by atoms with van der Waals surface area (Å²) in [7, 11) is -1.00. The summed E-state index contributed by atoms with van der Waals surface area (Å²) in [6.45, 7) is 1.77. The number of nitrogens with zero attached hydrogens (tertiary/aromatic N) is 1. The molecule has 1 amide bonds. The number of hydrogen-bond acceptors (Lipinski definition) is 5. The Balaban J connectivity index is 2.41. The highest BCUT2D eigenvalue weighted by molar-refractivity contribution is 7.88. The van der Waals surface area contributed by atoms with Gasteiger partial charge in [0.1, 0.15) is 6.04 Å². The van der Waals surface area contributed by atoms with E-state index in [-0.39, 0.29) is 5.56 Å². The Labute approximate surface area is 159 Å². The number of likely N-dealkylation sites (N-methyl/N-ethyl adjacent to an activating group) is 1. The molecule has 0 aliphatic rings. The van der Waals surface area contributed by atoms with Crippen molar-refractivity contribution in [3.05, 3.63) is 65.2 Å². The van der Waals surface area contributed by atoms with Crippen molar-refractivity contribution in [3.63, 3.8) is 0 Å². The lowest BCUT2D eigenvalue weighted by atomic mass is 10.1. The molecular formula is C19H22N2O5S. The predicted octanol–water partition coefficient (Wildman–Crippen LogP) is 2.35. The maximum absolute atomic E-state index is 13.0. The zero-order valence-electron chi connectivity index (χ0n) is 15.6. The number of ether oxygens (including phenoxy) is 1. The maximum atomic E-state index is 13.0. The summed E-state index contributed by atoms with van der Waals surface area (Å²) in [5.41, 5.74) is 1.95. The molecule has 0 saturated heterocycles. The number of rotatable bonds is 6. The van der Waals surface area contributed by atoms with Crippen LogP contribution in [0.25, 0.3) is 0 Å². The molecule has 0 aliphatic heterocycles. The highest BCUT2D eigenvalue weighted by Crippen LogP contribution is 2.25. The fourth-order valence-electron chi connectivity index (χ4n) is 2.56. The van der Waals surface area contributed by atoms with Gasteiger partial charge in [0.15, 0.2) is 0 Å². The fourth-order valence-corrected chi connectivity index (χ4v) is 3.16. The normalized spacial score (nSPS) is 12.5. The predicted molar refractivity (Wildman–Crippen MR) is 103 cm³/mol. The standard InChI is InChI=1S/C19H22N2O5S/c1-13-10-11-15(19(23)26-3)12-16(13)20-18(22)17(21(2)27(4,24)25)14-8-6-5-7-9-14/h5-12,17H,1-4H3,(H,20,22)/t17-/m0/s1. The Kier molecular flexibility index (Phi) is 6.35. The van der Waals surface area contributed by atoms with E-state index in [1.54, 1.807) is 49.4 Å². The molecular weight excluding hydrogens is 368 g/mol. The molecule has 1 atom stereocenters. The molecule has 2 rings (SSSR count). The summed E-state index contributed by atoms with van der Waals surface area (Å²) in [4.78, 5) is 24.7. The van der Waals surface area contributed by atoms with Gasteiger partial charge in [0.2, 0.25) is 15.9 Å². The minimum Gasteiger partial charge on any atom is -0.465 e. The lowest BCUT2D eigenvalue weighted by Crippen LogP contribution is -2.38. The number of hydrogen-bond donors (Lipinski definition) is 1. The van der Waals surface area contributed by atoms with E-state index < -0.39 is 27.9 Å². The van der Waals surface area contributed by atoms with E-state index in [1.165, 1.54) is 20.2 Å². The summed E-state index contributed by atoms with van der Waals surface area (Å²) in [6.07, 6.45) is 1.04. The summed E-state index contributed by atoms with van der Waals surface area (Å²) in [5.74, 6) is -1.06. The SMILES string of the molecule is COC(=O)c1ccc(C)c(NC(=O)[C@H](c2ccccc2)N(C)S(C)(=O)=O)c1. The van der Waals surface area contributed by atoms with E-state index in [0.717, 1.165) is 16.1 Å². The van der Waals surface area contributed by atoms with Crippen LogP contribution in [0.15, 0.2) is 48.5 Å². The van der Waals surface area contributed by atoms with Gasteiger partial charge in [-0.1, -0.05) is 36.4 Å². The van der Waals surface area contributed by atoms with Crippen LogP contribution in [0.4, 0.5) is 5.69 Å². The molecule has 1 N–H and O–H groups in total. The molecule has 0 heterocycles. The van der Waals surface area contributed by atoms with E-state index in [9.17, 15) is 18.0 Å². The minimum absolute atomic E-state index is 0.283. The first-order valence-electron chi connectivity index (χ1n) is 8.13. The Morgan fingerprint density at radius 2 is 1.74 bits per heavy atom. The van der Waals surface area contributed by atoms with Crippen LogP contribution in [0.3, 0.4) is 0 Å². The minimum atomic E-state index is -3.62. The van der Waals surface area contributed by atoms with Gasteiger partial charge in [-0.15, -0.1) is 0 Å². The molecule has 0 aliphatic carbocycles. The van der Waals surface area contributed by atoms with E-state index in [1.807, 2.05) is 0 Å². The number of benzene rings is 2. The third kappa shape index (κ3) is 4.93. The van der Waals surface area contributed by atoms with Crippen molar-refractivity contribution in [2.75, 3.05) is 25.7 Å². The van der Waals surface area contributed by atoms with Gasteiger partial charge in [-0.2, -0.15) is 4.31 Å². The number of methoxy groups -OCH3 is 1. The van der Waals surface area contributed by atoms with Crippen molar-refractivity contribution >= 4 is 27.6 Å². The lowest BCUT2D eigenvalue weighted by Gasteiger charge is -2.26. The van der Waals surface area contributed by atoms with Gasteiger partial charge in [-0.3, -0.25) is 4.79 Å². The van der Waals surface area contributed by atoms with Gasteiger partial charge >= 0.3 is 5.97 Å². The molecule has 0 bridgehead atoms. The molecule has 0 spiro atoms. The summed E-state index contributed by atoms with van der Waals surface area (Å²) in [5, 5.41) is 2.73. The summed E-state index contributed by atoms with van der Waals surface area (Å²) < 4.78 is 29.8. The highest BCUT2D eigenvalue weighted by Gasteiger charge is 2.31. The molecule has 0 unspecified atom stereocenters. The van der Waals surface area contributed by atoms with E-state index in [0.29, 0.717) is 11.3 Å². The van der Waals surface area contributed by atoms with Crippen LogP contribution in [0.5, 0.6) is 0 Å². The van der Waals surface area contributed by atoms with Crippen molar-refractivity contribution in [1.29, 1.82) is 0 Å². The summed E-state index contributed by atoms with van der Waals surface area (Å²) in [6, 6.07) is 12.3. The molecule has 7 nitrogen and oxygen atoms in total. The molecule has 0 radical (unpaired) electrons. The first-order chi connectivity index (χ1) is 12.6. The average Bonchev–Trinajstić information content (AvgIpc) is 2.63. The molecule has 0 aromatic heterocycles. The van der Waals surface area contributed by atoms with E-state index >= 15 is 0 Å². The molecule has 144 valence electrons. The van der Waals surface area contributed by atoms with Gasteiger partial charge in [0.25, 0.3) is 0 Å². The Morgan fingerprint density at radius 3 is 2.30 bits per heavy atom. The lowest BCUT2D eigenvalue weighted by molar-refractivity contribution is -0.119. The molecule has 2 aromatic rings. The number of aryl methyl sites for hydroxylation is 1. The quantitative estimate of drug-likeness (QED) is 0.765. The first kappa shape index (κ1) is 20.6. The Bertz CT molecular complexity index is 942. The van der Waals surface area contributed by atoms with Crippen molar-refractivity contribution in [2.45, 2.75) is 13.0 Å². The van der Waals surface area contributed by atoms with Gasteiger partial charge < -0.3 is 10.1 Å². The number of amides is 1. The number of esters is 1. The fraction of sp³-hybridized carbons (Fsp3) is 0.263. The number of sulfonamides is 1. The smallest absolute Gasteiger partial charge is 0.337 e. The highest BCUT2D eigenvalue weighted by atomic mass is 32.2. The third-order valence-corrected chi connectivity index (χ3v) is 5.42. The van der Waals surface area contributed by atoms with Gasteiger partial charge in [-0.25, -0.2) is 13.2 Å². The Morgan fingerprint density at radius 1 is 1.11 bits per heavy atom. The number of nitrogens with one attached hydrogen (secondary N) is 1. The monoisotopic (exact) mass is 390 g/mol. The number of carbonyl (C=O) groups is 2.